The molecule has 0 spiro atoms. The molecule has 0 fully saturated rings. The molecule has 0 bridgehead atoms. The maximum Gasteiger partial charge on any atom is 0.0642 e. The molecule has 0 aliphatic rings. The van der Waals surface area contributed by atoms with E-state index in [0.29, 0.717) is 6.04 Å². The van der Waals surface area contributed by atoms with Gasteiger partial charge in [-0.25, -0.2) is 0 Å². The lowest BCUT2D eigenvalue weighted by atomic mass is 10.1. The molecule has 0 amide bonds. The highest BCUT2D eigenvalue weighted by molar-refractivity contribution is 6.33. The number of likely N-dealkylation sites (N-methyl/N-ethyl adjacent to an activating group) is 1. The molecule has 2 nitrogen and oxygen atoms in total. The van der Waals surface area contributed by atoms with Crippen molar-refractivity contribution >= 4 is 17.3 Å². The van der Waals surface area contributed by atoms with E-state index in [4.69, 9.17) is 11.6 Å². The maximum atomic E-state index is 6.30. The summed E-state index contributed by atoms with van der Waals surface area (Å²) in [6.07, 6.45) is 1.87. The van der Waals surface area contributed by atoms with Crippen LogP contribution in [-0.4, -0.2) is 20.1 Å². The van der Waals surface area contributed by atoms with Gasteiger partial charge < -0.3 is 10.2 Å². The molecule has 1 N–H and O–H groups in total. The van der Waals surface area contributed by atoms with Crippen LogP contribution >= 0.6 is 11.6 Å². The van der Waals surface area contributed by atoms with Gasteiger partial charge >= 0.3 is 0 Å². The normalized spacial score (nSPS) is 12.2. The van der Waals surface area contributed by atoms with Gasteiger partial charge in [-0.3, -0.25) is 0 Å². The standard InChI is InChI=1S/C14H21ClN2/c1-5-9-17(4)14-8-7-12(10-13(14)15)11(3)16-6-2/h5,7-8,10-11,16H,1,6,9H2,2-4H3. The van der Waals surface area contributed by atoms with Gasteiger partial charge in [0.25, 0.3) is 0 Å². The molecule has 1 rings (SSSR count). The Balaban J connectivity index is 2.89. The lowest BCUT2D eigenvalue weighted by Crippen LogP contribution is -2.19. The molecule has 0 saturated carbocycles. The maximum absolute atomic E-state index is 6.30. The van der Waals surface area contributed by atoms with E-state index in [9.17, 15) is 0 Å². The fourth-order valence-corrected chi connectivity index (χ4v) is 2.15. The molecule has 17 heavy (non-hydrogen) atoms. The molecule has 0 aromatic heterocycles. The van der Waals surface area contributed by atoms with Gasteiger partial charge in [0.2, 0.25) is 0 Å². The van der Waals surface area contributed by atoms with Gasteiger partial charge in [-0.05, 0) is 31.2 Å². The Morgan fingerprint density at radius 3 is 2.76 bits per heavy atom. The van der Waals surface area contributed by atoms with Crippen molar-refractivity contribution in [3.63, 3.8) is 0 Å². The number of halogens is 1. The molecule has 1 aromatic carbocycles. The molecular weight excluding hydrogens is 232 g/mol. The van der Waals surface area contributed by atoms with Crippen molar-refractivity contribution in [3.05, 3.63) is 41.4 Å². The Labute approximate surface area is 109 Å². The van der Waals surface area contributed by atoms with Crippen LogP contribution in [0, 0.1) is 0 Å². The lowest BCUT2D eigenvalue weighted by molar-refractivity contribution is 0.598. The highest BCUT2D eigenvalue weighted by Gasteiger charge is 2.09. The molecule has 0 heterocycles. The van der Waals surface area contributed by atoms with E-state index in [1.54, 1.807) is 0 Å². The summed E-state index contributed by atoms with van der Waals surface area (Å²) in [7, 11) is 2.01. The summed E-state index contributed by atoms with van der Waals surface area (Å²) in [6.45, 7) is 9.72. The Morgan fingerprint density at radius 1 is 1.53 bits per heavy atom. The number of hydrogen-bond donors (Lipinski definition) is 1. The topological polar surface area (TPSA) is 15.3 Å². The van der Waals surface area contributed by atoms with E-state index in [0.717, 1.165) is 23.8 Å². The van der Waals surface area contributed by atoms with Crippen LogP contribution in [0.3, 0.4) is 0 Å². The number of nitrogens with zero attached hydrogens (tertiary/aromatic N) is 1. The third-order valence-electron chi connectivity index (χ3n) is 2.80. The van der Waals surface area contributed by atoms with Crippen molar-refractivity contribution in [1.82, 2.24) is 5.32 Å². The summed E-state index contributed by atoms with van der Waals surface area (Å²) in [5, 5.41) is 4.16. The van der Waals surface area contributed by atoms with Gasteiger partial charge in [-0.2, -0.15) is 0 Å². The number of nitrogens with one attached hydrogen (secondary N) is 1. The smallest absolute Gasteiger partial charge is 0.0642 e. The zero-order valence-corrected chi connectivity index (χ0v) is 11.6. The average molecular weight is 253 g/mol. The number of benzene rings is 1. The van der Waals surface area contributed by atoms with Crippen molar-refractivity contribution in [2.75, 3.05) is 25.0 Å². The highest BCUT2D eigenvalue weighted by atomic mass is 35.5. The molecular formula is C14H21ClN2. The minimum atomic E-state index is 0.330. The summed E-state index contributed by atoms with van der Waals surface area (Å²) in [5.74, 6) is 0. The third kappa shape index (κ3) is 3.76. The second-order valence-corrected chi connectivity index (χ2v) is 4.57. The number of anilines is 1. The zero-order valence-electron chi connectivity index (χ0n) is 10.8. The van der Waals surface area contributed by atoms with Crippen LogP contribution in [0.25, 0.3) is 0 Å². The number of rotatable bonds is 6. The van der Waals surface area contributed by atoms with Crippen molar-refractivity contribution < 1.29 is 0 Å². The van der Waals surface area contributed by atoms with Crippen molar-refractivity contribution in [1.29, 1.82) is 0 Å². The second kappa shape index (κ2) is 6.67. The third-order valence-corrected chi connectivity index (χ3v) is 3.10. The van der Waals surface area contributed by atoms with Crippen LogP contribution < -0.4 is 10.2 Å². The Hall–Kier alpha value is -0.990. The molecule has 0 aliphatic heterocycles. The molecule has 1 atom stereocenters. The summed E-state index contributed by atoms with van der Waals surface area (Å²) in [6, 6.07) is 6.55. The summed E-state index contributed by atoms with van der Waals surface area (Å²) < 4.78 is 0. The van der Waals surface area contributed by atoms with Gasteiger partial charge in [0.15, 0.2) is 0 Å². The Morgan fingerprint density at radius 2 is 2.24 bits per heavy atom. The van der Waals surface area contributed by atoms with Gasteiger partial charge in [-0.15, -0.1) is 6.58 Å². The first-order valence-electron chi connectivity index (χ1n) is 5.95. The van der Waals surface area contributed by atoms with E-state index < -0.39 is 0 Å². The summed E-state index contributed by atoms with van der Waals surface area (Å²) in [4.78, 5) is 2.08. The molecule has 0 aliphatic carbocycles. The first kappa shape index (κ1) is 14.1. The zero-order chi connectivity index (χ0) is 12.8. The van der Waals surface area contributed by atoms with Crippen molar-refractivity contribution in [3.8, 4) is 0 Å². The van der Waals surface area contributed by atoms with Gasteiger partial charge in [0.05, 0.1) is 10.7 Å². The van der Waals surface area contributed by atoms with Gasteiger partial charge in [-0.1, -0.05) is 30.7 Å². The van der Waals surface area contributed by atoms with E-state index in [-0.39, 0.29) is 0 Å². The minimum absolute atomic E-state index is 0.330. The largest absolute Gasteiger partial charge is 0.370 e. The fourth-order valence-electron chi connectivity index (χ4n) is 1.82. The monoisotopic (exact) mass is 252 g/mol. The van der Waals surface area contributed by atoms with Gasteiger partial charge in [0, 0.05) is 19.6 Å². The molecule has 0 saturated heterocycles. The lowest BCUT2D eigenvalue weighted by Gasteiger charge is -2.20. The predicted molar refractivity (Wildman–Crippen MR) is 77.0 cm³/mol. The van der Waals surface area contributed by atoms with Crippen molar-refractivity contribution in [2.24, 2.45) is 0 Å². The van der Waals surface area contributed by atoms with Crippen LogP contribution in [0.15, 0.2) is 30.9 Å². The minimum Gasteiger partial charge on any atom is -0.370 e. The van der Waals surface area contributed by atoms with E-state index >= 15 is 0 Å². The van der Waals surface area contributed by atoms with Crippen LogP contribution in [-0.2, 0) is 0 Å². The highest BCUT2D eigenvalue weighted by Crippen LogP contribution is 2.28. The fraction of sp³-hybridized carbons (Fsp3) is 0.429. The number of hydrogen-bond acceptors (Lipinski definition) is 2. The molecule has 3 heteroatoms. The SMILES string of the molecule is C=CCN(C)c1ccc(C(C)NCC)cc1Cl. The van der Waals surface area contributed by atoms with Crippen molar-refractivity contribution in [2.45, 2.75) is 19.9 Å². The molecule has 94 valence electrons. The van der Waals surface area contributed by atoms with Crippen LogP contribution in [0.2, 0.25) is 5.02 Å². The predicted octanol–water partition coefficient (Wildman–Crippen LogP) is 3.63. The Kier molecular flexibility index (Phi) is 5.52. The van der Waals surface area contributed by atoms with E-state index in [2.05, 4.69) is 42.8 Å². The van der Waals surface area contributed by atoms with Crippen LogP contribution in [0.4, 0.5) is 5.69 Å². The summed E-state index contributed by atoms with van der Waals surface area (Å²) >= 11 is 6.30. The van der Waals surface area contributed by atoms with Gasteiger partial charge in [0.1, 0.15) is 0 Å². The Bertz CT molecular complexity index is 376. The van der Waals surface area contributed by atoms with E-state index in [1.165, 1.54) is 5.56 Å². The van der Waals surface area contributed by atoms with Crippen LogP contribution in [0.1, 0.15) is 25.5 Å². The molecule has 1 unspecified atom stereocenters. The average Bonchev–Trinajstić information content (AvgIpc) is 2.29. The first-order valence-corrected chi connectivity index (χ1v) is 6.32. The second-order valence-electron chi connectivity index (χ2n) is 4.16. The first-order chi connectivity index (χ1) is 8.10. The van der Waals surface area contributed by atoms with E-state index in [1.807, 2.05) is 19.2 Å². The quantitative estimate of drug-likeness (QED) is 0.778. The molecule has 0 radical (unpaired) electrons. The molecule has 1 aromatic rings. The summed E-state index contributed by atoms with van der Waals surface area (Å²) in [5.41, 5.74) is 2.26. The van der Waals surface area contributed by atoms with Crippen LogP contribution in [0.5, 0.6) is 0 Å².